The molecular weight excluding hydrogens is 296 g/mol. The van der Waals surface area contributed by atoms with E-state index in [4.69, 9.17) is 21.1 Å². The van der Waals surface area contributed by atoms with E-state index in [0.717, 1.165) is 0 Å². The molecule has 1 aliphatic rings. The molecule has 20 heavy (non-hydrogen) atoms. The van der Waals surface area contributed by atoms with Crippen LogP contribution in [0.15, 0.2) is 12.1 Å². The second-order valence-electron chi connectivity index (χ2n) is 4.12. The van der Waals surface area contributed by atoms with E-state index >= 15 is 0 Å². The van der Waals surface area contributed by atoms with E-state index in [9.17, 15) is 13.6 Å². The Balaban J connectivity index is 2.48. The van der Waals surface area contributed by atoms with Gasteiger partial charge in [0.15, 0.2) is 18.1 Å². The first-order chi connectivity index (χ1) is 9.40. The number of ether oxygens (including phenoxy) is 3. The summed E-state index contributed by atoms with van der Waals surface area (Å²) in [4.78, 5) is 11.2. The molecule has 2 rings (SSSR count). The molecule has 110 valence electrons. The predicted molar refractivity (Wildman–Crippen MR) is 66.7 cm³/mol. The fourth-order valence-electron chi connectivity index (χ4n) is 1.94. The number of alkyl carbamates (subject to hydrolysis) is 1. The first-order valence-electron chi connectivity index (χ1n) is 5.62. The SMILES string of the molecule is COc1ccc([C@H]2NC(=O)OCC2(F)F)c(Cl)c1OC. The smallest absolute Gasteiger partial charge is 0.408 e. The zero-order valence-corrected chi connectivity index (χ0v) is 11.5. The Morgan fingerprint density at radius 3 is 2.70 bits per heavy atom. The maximum atomic E-state index is 13.9. The number of amides is 1. The summed E-state index contributed by atoms with van der Waals surface area (Å²) >= 11 is 6.07. The molecule has 0 aromatic heterocycles. The second-order valence-corrected chi connectivity index (χ2v) is 4.50. The molecule has 1 aromatic carbocycles. The molecule has 0 aliphatic carbocycles. The molecule has 1 saturated heterocycles. The monoisotopic (exact) mass is 307 g/mol. The number of carbonyl (C=O) groups is 1. The van der Waals surface area contributed by atoms with Gasteiger partial charge >= 0.3 is 12.0 Å². The van der Waals surface area contributed by atoms with E-state index in [-0.39, 0.29) is 16.3 Å². The third-order valence-corrected chi connectivity index (χ3v) is 3.30. The van der Waals surface area contributed by atoms with Crippen LogP contribution in [0.3, 0.4) is 0 Å². The molecule has 0 saturated carbocycles. The van der Waals surface area contributed by atoms with Crippen molar-refractivity contribution in [1.29, 1.82) is 0 Å². The van der Waals surface area contributed by atoms with Crippen molar-refractivity contribution in [3.63, 3.8) is 0 Å². The average molecular weight is 308 g/mol. The van der Waals surface area contributed by atoms with Crippen molar-refractivity contribution in [2.75, 3.05) is 20.8 Å². The number of nitrogens with one attached hydrogen (secondary N) is 1. The van der Waals surface area contributed by atoms with Crippen molar-refractivity contribution in [3.8, 4) is 11.5 Å². The fraction of sp³-hybridized carbons (Fsp3) is 0.417. The van der Waals surface area contributed by atoms with Crippen molar-refractivity contribution >= 4 is 17.7 Å². The minimum absolute atomic E-state index is 0.0333. The molecule has 0 unspecified atom stereocenters. The van der Waals surface area contributed by atoms with Crippen LogP contribution in [0.5, 0.6) is 11.5 Å². The summed E-state index contributed by atoms with van der Waals surface area (Å²) < 4.78 is 42.1. The number of halogens is 3. The molecule has 1 aliphatic heterocycles. The van der Waals surface area contributed by atoms with Gasteiger partial charge in [0.05, 0.1) is 19.2 Å². The zero-order valence-electron chi connectivity index (χ0n) is 10.7. The Labute approximate surface area is 118 Å². The highest BCUT2D eigenvalue weighted by molar-refractivity contribution is 6.33. The highest BCUT2D eigenvalue weighted by Crippen LogP contribution is 2.44. The topological polar surface area (TPSA) is 56.8 Å². The number of rotatable bonds is 3. The number of cyclic esters (lactones) is 1. The summed E-state index contributed by atoms with van der Waals surface area (Å²) in [6.45, 7) is -1.01. The van der Waals surface area contributed by atoms with E-state index in [2.05, 4.69) is 10.1 Å². The van der Waals surface area contributed by atoms with Gasteiger partial charge in [0, 0.05) is 5.56 Å². The molecule has 1 N–H and O–H groups in total. The van der Waals surface area contributed by atoms with Crippen molar-refractivity contribution in [3.05, 3.63) is 22.7 Å². The van der Waals surface area contributed by atoms with Crippen LogP contribution in [0.2, 0.25) is 5.02 Å². The van der Waals surface area contributed by atoms with Gasteiger partial charge in [0.25, 0.3) is 0 Å². The average Bonchev–Trinajstić information content (AvgIpc) is 2.41. The van der Waals surface area contributed by atoms with Crippen LogP contribution in [0.1, 0.15) is 11.6 Å². The van der Waals surface area contributed by atoms with Crippen LogP contribution in [-0.4, -0.2) is 32.8 Å². The second kappa shape index (κ2) is 5.32. The maximum Gasteiger partial charge on any atom is 0.408 e. The molecule has 1 amide bonds. The lowest BCUT2D eigenvalue weighted by Gasteiger charge is -2.32. The van der Waals surface area contributed by atoms with Gasteiger partial charge in [-0.3, -0.25) is 0 Å². The minimum Gasteiger partial charge on any atom is -0.493 e. The van der Waals surface area contributed by atoms with Crippen molar-refractivity contribution < 1.29 is 27.8 Å². The lowest BCUT2D eigenvalue weighted by atomic mass is 9.99. The zero-order chi connectivity index (χ0) is 14.9. The van der Waals surface area contributed by atoms with Crippen LogP contribution >= 0.6 is 11.6 Å². The standard InChI is InChI=1S/C12H12ClF2NO4/c1-18-7-4-3-6(8(13)9(7)19-2)10-12(14,15)5-20-11(17)16-10/h3-4,10H,5H2,1-2H3,(H,16,17)/t10-/m1/s1. The predicted octanol–water partition coefficient (Wildman–Crippen LogP) is 2.77. The van der Waals surface area contributed by atoms with Gasteiger partial charge in [0.2, 0.25) is 0 Å². The molecular formula is C12H12ClF2NO4. The van der Waals surface area contributed by atoms with Gasteiger partial charge in [-0.1, -0.05) is 17.7 Å². The van der Waals surface area contributed by atoms with Gasteiger partial charge in [-0.25, -0.2) is 13.6 Å². The summed E-state index contributed by atoms with van der Waals surface area (Å²) in [7, 11) is 2.74. The Morgan fingerprint density at radius 1 is 1.40 bits per heavy atom. The first kappa shape index (κ1) is 14.6. The van der Waals surface area contributed by atoms with E-state index in [1.54, 1.807) is 0 Å². The molecule has 1 heterocycles. The highest BCUT2D eigenvalue weighted by atomic mass is 35.5. The number of alkyl halides is 2. The number of hydrogen-bond acceptors (Lipinski definition) is 4. The largest absolute Gasteiger partial charge is 0.493 e. The maximum absolute atomic E-state index is 13.9. The van der Waals surface area contributed by atoms with Gasteiger partial charge in [0.1, 0.15) is 6.04 Å². The van der Waals surface area contributed by atoms with E-state index < -0.39 is 24.7 Å². The van der Waals surface area contributed by atoms with E-state index in [0.29, 0.717) is 5.75 Å². The van der Waals surface area contributed by atoms with Gasteiger partial charge in [-0.05, 0) is 6.07 Å². The van der Waals surface area contributed by atoms with Crippen LogP contribution in [0, 0.1) is 0 Å². The molecule has 5 nitrogen and oxygen atoms in total. The number of methoxy groups -OCH3 is 2. The van der Waals surface area contributed by atoms with Crippen LogP contribution < -0.4 is 14.8 Å². The van der Waals surface area contributed by atoms with E-state index in [1.165, 1.54) is 26.4 Å². The van der Waals surface area contributed by atoms with Gasteiger partial charge in [-0.15, -0.1) is 0 Å². The molecule has 1 atom stereocenters. The number of carbonyl (C=O) groups excluding carboxylic acids is 1. The summed E-state index contributed by atoms with van der Waals surface area (Å²) in [5, 5.41) is 2.02. The van der Waals surface area contributed by atoms with Gasteiger partial charge < -0.3 is 19.5 Å². The summed E-state index contributed by atoms with van der Waals surface area (Å²) in [5.41, 5.74) is 0.0333. The minimum atomic E-state index is -3.28. The molecule has 0 bridgehead atoms. The van der Waals surface area contributed by atoms with Gasteiger partial charge in [-0.2, -0.15) is 0 Å². The van der Waals surface area contributed by atoms with Crippen LogP contribution in [-0.2, 0) is 4.74 Å². The highest BCUT2D eigenvalue weighted by Gasteiger charge is 2.48. The Bertz CT molecular complexity index is 538. The molecule has 1 fully saturated rings. The first-order valence-corrected chi connectivity index (χ1v) is 6.00. The van der Waals surface area contributed by atoms with Crippen molar-refractivity contribution in [2.24, 2.45) is 0 Å². The number of hydrogen-bond donors (Lipinski definition) is 1. The number of benzene rings is 1. The third kappa shape index (κ3) is 2.45. The summed E-state index contributed by atoms with van der Waals surface area (Å²) in [6, 6.07) is 1.21. The lowest BCUT2D eigenvalue weighted by molar-refractivity contribution is -0.104. The van der Waals surface area contributed by atoms with Crippen LogP contribution in [0.25, 0.3) is 0 Å². The molecule has 8 heteroatoms. The van der Waals surface area contributed by atoms with Crippen molar-refractivity contribution in [1.82, 2.24) is 5.32 Å². The lowest BCUT2D eigenvalue weighted by Crippen LogP contribution is -2.49. The molecule has 1 aromatic rings. The Morgan fingerprint density at radius 2 is 2.10 bits per heavy atom. The van der Waals surface area contributed by atoms with E-state index in [1.807, 2.05) is 0 Å². The Kier molecular flexibility index (Phi) is 3.89. The summed E-state index contributed by atoms with van der Waals surface area (Å²) in [6.07, 6.45) is -0.924. The normalized spacial score (nSPS) is 20.9. The third-order valence-electron chi connectivity index (χ3n) is 2.91. The quantitative estimate of drug-likeness (QED) is 0.933. The fourth-order valence-corrected chi connectivity index (χ4v) is 2.29. The Hall–Kier alpha value is -1.76. The van der Waals surface area contributed by atoms with Crippen LogP contribution in [0.4, 0.5) is 13.6 Å². The molecule has 0 radical (unpaired) electrons. The van der Waals surface area contributed by atoms with Crippen molar-refractivity contribution in [2.45, 2.75) is 12.0 Å². The molecule has 0 spiro atoms. The summed E-state index contributed by atoms with van der Waals surface area (Å²) in [5.74, 6) is -2.84.